The predicted octanol–water partition coefficient (Wildman–Crippen LogP) is 4.27. The maximum Gasteiger partial charge on any atom is 0.340 e. The first-order valence-electron chi connectivity index (χ1n) is 7.72. The summed E-state index contributed by atoms with van der Waals surface area (Å²) >= 11 is 0. The van der Waals surface area contributed by atoms with Crippen molar-refractivity contribution >= 4 is 11.7 Å². The summed E-state index contributed by atoms with van der Waals surface area (Å²) in [6.07, 6.45) is 6.64. The van der Waals surface area contributed by atoms with Crippen molar-refractivity contribution in [3.63, 3.8) is 0 Å². The second kappa shape index (κ2) is 6.78. The van der Waals surface area contributed by atoms with E-state index in [1.807, 2.05) is 18.2 Å². The van der Waals surface area contributed by atoms with Crippen molar-refractivity contribution in [3.05, 3.63) is 29.3 Å². The van der Waals surface area contributed by atoms with Crippen molar-refractivity contribution in [2.24, 2.45) is 0 Å². The van der Waals surface area contributed by atoms with Crippen molar-refractivity contribution in [2.75, 3.05) is 5.73 Å². The van der Waals surface area contributed by atoms with Crippen molar-refractivity contribution < 1.29 is 9.53 Å². The average Bonchev–Trinajstić information content (AvgIpc) is 2.48. The normalized spacial score (nSPS) is 17.7. The van der Waals surface area contributed by atoms with Crippen LogP contribution < -0.4 is 5.73 Å². The Bertz CT molecular complexity index is 464. The fourth-order valence-corrected chi connectivity index (χ4v) is 2.69. The average molecular weight is 275 g/mol. The van der Waals surface area contributed by atoms with Crippen molar-refractivity contribution in [1.82, 2.24) is 0 Å². The molecule has 2 rings (SSSR count). The number of hydrogen-bond acceptors (Lipinski definition) is 3. The van der Waals surface area contributed by atoms with Crippen LogP contribution in [0.15, 0.2) is 18.2 Å². The van der Waals surface area contributed by atoms with E-state index in [9.17, 15) is 4.79 Å². The van der Waals surface area contributed by atoms with Gasteiger partial charge >= 0.3 is 5.97 Å². The topological polar surface area (TPSA) is 52.3 Å². The molecule has 1 atom stereocenters. The molecule has 0 saturated heterocycles. The van der Waals surface area contributed by atoms with Gasteiger partial charge in [0.1, 0.15) is 6.10 Å². The molecule has 20 heavy (non-hydrogen) atoms. The first kappa shape index (κ1) is 14.9. The molecular weight excluding hydrogens is 250 g/mol. The molecule has 0 heterocycles. The molecule has 0 spiro atoms. The summed E-state index contributed by atoms with van der Waals surface area (Å²) < 4.78 is 5.61. The molecule has 1 saturated carbocycles. The fourth-order valence-electron chi connectivity index (χ4n) is 2.69. The van der Waals surface area contributed by atoms with Crippen LogP contribution in [-0.2, 0) is 4.74 Å². The number of anilines is 1. The molecule has 110 valence electrons. The third-order valence-electron chi connectivity index (χ3n) is 4.30. The van der Waals surface area contributed by atoms with Gasteiger partial charge in [-0.3, -0.25) is 0 Å². The van der Waals surface area contributed by atoms with Gasteiger partial charge in [-0.1, -0.05) is 26.3 Å². The number of nitrogen functional groups attached to an aromatic ring is 1. The first-order valence-corrected chi connectivity index (χ1v) is 7.72. The molecular formula is C17H25NO2. The molecule has 0 radical (unpaired) electrons. The number of ether oxygens (including phenoxy) is 1. The second-order valence-corrected chi connectivity index (χ2v) is 5.82. The van der Waals surface area contributed by atoms with Crippen LogP contribution >= 0.6 is 0 Å². The van der Waals surface area contributed by atoms with E-state index in [2.05, 4.69) is 13.8 Å². The molecule has 0 bridgehead atoms. The van der Waals surface area contributed by atoms with Gasteiger partial charge in [-0.2, -0.15) is 0 Å². The largest absolute Gasteiger partial charge is 0.459 e. The summed E-state index contributed by atoms with van der Waals surface area (Å²) in [6.45, 7) is 4.29. The quantitative estimate of drug-likeness (QED) is 0.659. The number of esters is 1. The van der Waals surface area contributed by atoms with Gasteiger partial charge in [-0.05, 0) is 55.7 Å². The van der Waals surface area contributed by atoms with Gasteiger partial charge < -0.3 is 10.5 Å². The van der Waals surface area contributed by atoms with Crippen molar-refractivity contribution in [2.45, 2.75) is 64.4 Å². The highest BCUT2D eigenvalue weighted by Crippen LogP contribution is 2.26. The Balaban J connectivity index is 2.11. The molecule has 3 nitrogen and oxygen atoms in total. The lowest BCUT2D eigenvalue weighted by molar-refractivity contribution is 0.0212. The standard InChI is InChI=1S/C17H25NO2/c1-3-12(2)13-9-10-16(18)15(11-13)17(19)20-14-7-5-4-6-8-14/h9-12,14H,3-8,18H2,1-2H3. The number of carbonyl (C=O) groups excluding carboxylic acids is 1. The third-order valence-corrected chi connectivity index (χ3v) is 4.30. The number of hydrogen-bond donors (Lipinski definition) is 1. The van der Waals surface area contributed by atoms with Crippen LogP contribution in [0.4, 0.5) is 5.69 Å². The summed E-state index contributed by atoms with van der Waals surface area (Å²) in [5.74, 6) is 0.163. The number of carbonyl (C=O) groups is 1. The minimum Gasteiger partial charge on any atom is -0.459 e. The van der Waals surface area contributed by atoms with Crippen LogP contribution in [0.3, 0.4) is 0 Å². The lowest BCUT2D eigenvalue weighted by Gasteiger charge is -2.22. The van der Waals surface area contributed by atoms with Crippen LogP contribution in [-0.4, -0.2) is 12.1 Å². The molecule has 0 amide bonds. The maximum absolute atomic E-state index is 12.3. The highest BCUT2D eigenvalue weighted by Gasteiger charge is 2.20. The van der Waals surface area contributed by atoms with E-state index in [0.29, 0.717) is 17.2 Å². The van der Waals surface area contributed by atoms with E-state index in [-0.39, 0.29) is 12.1 Å². The molecule has 1 aliphatic carbocycles. The minimum absolute atomic E-state index is 0.0721. The van der Waals surface area contributed by atoms with Crippen LogP contribution in [0, 0.1) is 0 Å². The summed E-state index contributed by atoms with van der Waals surface area (Å²) in [4.78, 5) is 12.3. The Hall–Kier alpha value is -1.51. The number of nitrogens with two attached hydrogens (primary N) is 1. The van der Waals surface area contributed by atoms with E-state index in [1.165, 1.54) is 6.42 Å². The van der Waals surface area contributed by atoms with E-state index in [0.717, 1.165) is 37.7 Å². The summed E-state index contributed by atoms with van der Waals surface area (Å²) in [5.41, 5.74) is 8.12. The molecule has 1 aromatic rings. The maximum atomic E-state index is 12.3. The predicted molar refractivity (Wildman–Crippen MR) is 81.8 cm³/mol. The van der Waals surface area contributed by atoms with Crippen LogP contribution in [0.5, 0.6) is 0 Å². The first-order chi connectivity index (χ1) is 9.61. The van der Waals surface area contributed by atoms with Crippen LogP contribution in [0.2, 0.25) is 0 Å². The Kier molecular flexibility index (Phi) is 5.05. The van der Waals surface area contributed by atoms with Gasteiger partial charge in [0.25, 0.3) is 0 Å². The van der Waals surface area contributed by atoms with Crippen LogP contribution in [0.25, 0.3) is 0 Å². The van der Waals surface area contributed by atoms with Gasteiger partial charge in [-0.15, -0.1) is 0 Å². The Morgan fingerprint density at radius 1 is 1.35 bits per heavy atom. The lowest BCUT2D eigenvalue weighted by atomic mass is 9.95. The van der Waals surface area contributed by atoms with E-state index in [4.69, 9.17) is 10.5 Å². The Morgan fingerprint density at radius 3 is 2.70 bits per heavy atom. The number of rotatable bonds is 4. The fraction of sp³-hybridized carbons (Fsp3) is 0.588. The summed E-state index contributed by atoms with van der Waals surface area (Å²) in [6, 6.07) is 5.72. The number of benzene rings is 1. The zero-order valence-corrected chi connectivity index (χ0v) is 12.5. The lowest BCUT2D eigenvalue weighted by Crippen LogP contribution is -2.21. The second-order valence-electron chi connectivity index (χ2n) is 5.82. The molecule has 1 aromatic carbocycles. The van der Waals surface area contributed by atoms with E-state index in [1.54, 1.807) is 0 Å². The van der Waals surface area contributed by atoms with Gasteiger partial charge in [0.2, 0.25) is 0 Å². The molecule has 1 aliphatic rings. The molecule has 3 heteroatoms. The van der Waals surface area contributed by atoms with E-state index >= 15 is 0 Å². The monoisotopic (exact) mass is 275 g/mol. The SMILES string of the molecule is CCC(C)c1ccc(N)c(C(=O)OC2CCCCC2)c1. The molecule has 0 aliphatic heterocycles. The Morgan fingerprint density at radius 2 is 2.05 bits per heavy atom. The van der Waals surface area contributed by atoms with Crippen molar-refractivity contribution in [1.29, 1.82) is 0 Å². The zero-order valence-electron chi connectivity index (χ0n) is 12.5. The molecule has 0 aromatic heterocycles. The highest BCUT2D eigenvalue weighted by atomic mass is 16.5. The minimum atomic E-state index is -0.264. The molecule has 1 unspecified atom stereocenters. The van der Waals surface area contributed by atoms with Gasteiger partial charge in [0, 0.05) is 5.69 Å². The van der Waals surface area contributed by atoms with Crippen LogP contribution in [0.1, 0.15) is 74.2 Å². The Labute approximate surface area is 121 Å². The molecule has 1 fully saturated rings. The molecule has 2 N–H and O–H groups in total. The van der Waals surface area contributed by atoms with Crippen molar-refractivity contribution in [3.8, 4) is 0 Å². The zero-order chi connectivity index (χ0) is 14.5. The van der Waals surface area contributed by atoms with Gasteiger partial charge in [0.05, 0.1) is 5.56 Å². The smallest absolute Gasteiger partial charge is 0.340 e. The third kappa shape index (κ3) is 3.53. The van der Waals surface area contributed by atoms with Gasteiger partial charge in [0.15, 0.2) is 0 Å². The summed E-state index contributed by atoms with van der Waals surface area (Å²) in [7, 11) is 0. The summed E-state index contributed by atoms with van der Waals surface area (Å²) in [5, 5.41) is 0. The van der Waals surface area contributed by atoms with Gasteiger partial charge in [-0.25, -0.2) is 4.79 Å². The highest BCUT2D eigenvalue weighted by molar-refractivity contribution is 5.95. The van der Waals surface area contributed by atoms with E-state index < -0.39 is 0 Å².